The standard InChI is InChI=1S/C28H25N3O4S/c1-36-28-30-26(25(18-29)27(32)31-28)21-9-5-10-24(17-21)34-16-6-15-33-22-11-13-23(14-12-22)35-19-20-7-3-2-4-8-20/h2-5,7-14,17H,6,15-16,19H2,1H3,(H,30,31,32). The van der Waals surface area contributed by atoms with Crippen molar-refractivity contribution in [2.45, 2.75) is 18.2 Å². The molecule has 182 valence electrons. The number of hydrogen-bond acceptors (Lipinski definition) is 7. The fourth-order valence-electron chi connectivity index (χ4n) is 3.41. The lowest BCUT2D eigenvalue weighted by Gasteiger charge is -2.11. The summed E-state index contributed by atoms with van der Waals surface area (Å²) in [5, 5.41) is 9.86. The van der Waals surface area contributed by atoms with Gasteiger partial charge in [0.25, 0.3) is 5.56 Å². The van der Waals surface area contributed by atoms with Gasteiger partial charge in [-0.1, -0.05) is 54.2 Å². The molecule has 0 radical (unpaired) electrons. The summed E-state index contributed by atoms with van der Waals surface area (Å²) in [5.74, 6) is 2.18. The van der Waals surface area contributed by atoms with Crippen LogP contribution in [0, 0.1) is 11.3 Å². The first-order chi connectivity index (χ1) is 17.7. The van der Waals surface area contributed by atoms with Crippen LogP contribution in [0.4, 0.5) is 0 Å². The van der Waals surface area contributed by atoms with Crippen LogP contribution in [0.25, 0.3) is 11.3 Å². The lowest BCUT2D eigenvalue weighted by Crippen LogP contribution is -2.14. The highest BCUT2D eigenvalue weighted by Gasteiger charge is 2.13. The summed E-state index contributed by atoms with van der Waals surface area (Å²) in [7, 11) is 0. The molecule has 0 saturated heterocycles. The first kappa shape index (κ1) is 24.9. The van der Waals surface area contributed by atoms with Crippen molar-refractivity contribution in [2.75, 3.05) is 19.5 Å². The van der Waals surface area contributed by atoms with Gasteiger partial charge in [-0.3, -0.25) is 4.79 Å². The number of aromatic amines is 1. The molecular formula is C28H25N3O4S. The van der Waals surface area contributed by atoms with Crippen LogP contribution in [-0.4, -0.2) is 29.4 Å². The third-order valence-electron chi connectivity index (χ3n) is 5.21. The Morgan fingerprint density at radius 2 is 1.58 bits per heavy atom. The van der Waals surface area contributed by atoms with Gasteiger partial charge < -0.3 is 19.2 Å². The second-order valence-corrected chi connectivity index (χ2v) is 8.53. The third kappa shape index (κ3) is 6.68. The predicted molar refractivity (Wildman–Crippen MR) is 140 cm³/mol. The summed E-state index contributed by atoms with van der Waals surface area (Å²) in [6.07, 6.45) is 2.49. The van der Waals surface area contributed by atoms with Crippen molar-refractivity contribution < 1.29 is 14.2 Å². The van der Waals surface area contributed by atoms with Crippen LogP contribution in [0.1, 0.15) is 17.5 Å². The number of hydrogen-bond donors (Lipinski definition) is 1. The van der Waals surface area contributed by atoms with E-state index in [4.69, 9.17) is 14.2 Å². The van der Waals surface area contributed by atoms with E-state index in [1.807, 2.05) is 79.1 Å². The highest BCUT2D eigenvalue weighted by molar-refractivity contribution is 7.98. The fraction of sp³-hybridized carbons (Fsp3) is 0.179. The Labute approximate surface area is 213 Å². The number of ether oxygens (including phenoxy) is 3. The molecule has 7 nitrogen and oxygen atoms in total. The molecule has 0 fully saturated rings. The normalized spacial score (nSPS) is 10.4. The molecule has 8 heteroatoms. The minimum atomic E-state index is -0.453. The SMILES string of the molecule is CSc1nc(-c2cccc(OCCCOc3ccc(OCc4ccccc4)cc3)c2)c(C#N)c(=O)[nH]1. The lowest BCUT2D eigenvalue weighted by atomic mass is 10.1. The van der Waals surface area contributed by atoms with E-state index in [-0.39, 0.29) is 5.56 Å². The molecule has 0 aliphatic carbocycles. The molecule has 0 aliphatic rings. The van der Waals surface area contributed by atoms with Crippen molar-refractivity contribution in [3.8, 4) is 34.6 Å². The molecule has 1 aromatic heterocycles. The third-order valence-corrected chi connectivity index (χ3v) is 5.79. The van der Waals surface area contributed by atoms with E-state index in [0.29, 0.717) is 48.4 Å². The molecule has 36 heavy (non-hydrogen) atoms. The number of thioether (sulfide) groups is 1. The maximum Gasteiger partial charge on any atom is 0.270 e. The Morgan fingerprint density at radius 1 is 0.889 bits per heavy atom. The van der Waals surface area contributed by atoms with Gasteiger partial charge in [0, 0.05) is 12.0 Å². The first-order valence-corrected chi connectivity index (χ1v) is 12.6. The second-order valence-electron chi connectivity index (χ2n) is 7.73. The Morgan fingerprint density at radius 3 is 2.28 bits per heavy atom. The zero-order valence-corrected chi connectivity index (χ0v) is 20.6. The summed E-state index contributed by atoms with van der Waals surface area (Å²) < 4.78 is 17.5. The van der Waals surface area contributed by atoms with E-state index >= 15 is 0 Å². The summed E-state index contributed by atoms with van der Waals surface area (Å²) >= 11 is 1.31. The van der Waals surface area contributed by atoms with E-state index in [1.54, 1.807) is 12.1 Å². The van der Waals surface area contributed by atoms with Gasteiger partial charge in [-0.2, -0.15) is 5.26 Å². The number of benzene rings is 3. The summed E-state index contributed by atoms with van der Waals surface area (Å²) in [5.41, 5.74) is 1.64. The van der Waals surface area contributed by atoms with Gasteiger partial charge >= 0.3 is 0 Å². The van der Waals surface area contributed by atoms with Gasteiger partial charge in [-0.05, 0) is 48.2 Å². The Hall–Kier alpha value is -4.22. The average Bonchev–Trinajstić information content (AvgIpc) is 2.92. The minimum Gasteiger partial charge on any atom is -0.493 e. The zero-order chi connectivity index (χ0) is 25.2. The Bertz CT molecular complexity index is 1380. The largest absolute Gasteiger partial charge is 0.493 e. The van der Waals surface area contributed by atoms with E-state index in [9.17, 15) is 10.1 Å². The number of nitrogens with one attached hydrogen (secondary N) is 1. The first-order valence-electron chi connectivity index (χ1n) is 11.4. The molecule has 4 rings (SSSR count). The quantitative estimate of drug-likeness (QED) is 0.166. The van der Waals surface area contributed by atoms with Crippen LogP contribution in [0.2, 0.25) is 0 Å². The van der Waals surface area contributed by atoms with Crippen LogP contribution >= 0.6 is 11.8 Å². The smallest absolute Gasteiger partial charge is 0.270 e. The number of nitriles is 1. The van der Waals surface area contributed by atoms with Crippen molar-refractivity contribution in [1.29, 1.82) is 5.26 Å². The number of rotatable bonds is 11. The van der Waals surface area contributed by atoms with Crippen molar-refractivity contribution in [1.82, 2.24) is 9.97 Å². The molecule has 0 aliphatic heterocycles. The van der Waals surface area contributed by atoms with Crippen molar-refractivity contribution in [3.05, 3.63) is 100 Å². The summed E-state index contributed by atoms with van der Waals surface area (Å²) in [4.78, 5) is 19.2. The number of aromatic nitrogens is 2. The topological polar surface area (TPSA) is 97.2 Å². The van der Waals surface area contributed by atoms with E-state index in [1.165, 1.54) is 11.8 Å². The molecule has 1 N–H and O–H groups in total. The summed E-state index contributed by atoms with van der Waals surface area (Å²) in [6.45, 7) is 1.47. The molecule has 0 bridgehead atoms. The number of H-pyrrole nitrogens is 1. The van der Waals surface area contributed by atoms with Crippen LogP contribution < -0.4 is 19.8 Å². The second kappa shape index (κ2) is 12.5. The van der Waals surface area contributed by atoms with Gasteiger partial charge in [0.05, 0.1) is 18.9 Å². The van der Waals surface area contributed by atoms with Crippen LogP contribution in [0.15, 0.2) is 88.8 Å². The Balaban J connectivity index is 1.25. The van der Waals surface area contributed by atoms with Crippen molar-refractivity contribution in [2.24, 2.45) is 0 Å². The predicted octanol–water partition coefficient (Wildman–Crippen LogP) is 5.46. The average molecular weight is 500 g/mol. The molecule has 0 atom stereocenters. The lowest BCUT2D eigenvalue weighted by molar-refractivity contribution is 0.247. The molecule has 4 aromatic rings. The maximum atomic E-state index is 12.2. The molecule has 0 amide bonds. The summed E-state index contributed by atoms with van der Waals surface area (Å²) in [6, 6.07) is 26.7. The van der Waals surface area contributed by atoms with E-state index in [0.717, 1.165) is 17.1 Å². The fourth-order valence-corrected chi connectivity index (χ4v) is 3.78. The molecule has 0 spiro atoms. The zero-order valence-electron chi connectivity index (χ0n) is 19.8. The molecule has 0 saturated carbocycles. The molecule has 3 aromatic carbocycles. The van der Waals surface area contributed by atoms with Gasteiger partial charge in [0.2, 0.25) is 0 Å². The molecular weight excluding hydrogens is 474 g/mol. The maximum absolute atomic E-state index is 12.2. The number of nitrogens with zero attached hydrogens (tertiary/aromatic N) is 2. The molecule has 0 unspecified atom stereocenters. The molecule has 1 heterocycles. The monoisotopic (exact) mass is 499 g/mol. The van der Waals surface area contributed by atoms with Crippen molar-refractivity contribution in [3.63, 3.8) is 0 Å². The van der Waals surface area contributed by atoms with Gasteiger partial charge in [0.1, 0.15) is 35.5 Å². The van der Waals surface area contributed by atoms with Gasteiger partial charge in [0.15, 0.2) is 5.16 Å². The van der Waals surface area contributed by atoms with E-state index in [2.05, 4.69) is 9.97 Å². The van der Waals surface area contributed by atoms with E-state index < -0.39 is 5.56 Å². The van der Waals surface area contributed by atoms with Crippen LogP contribution in [0.5, 0.6) is 17.2 Å². The highest BCUT2D eigenvalue weighted by atomic mass is 32.2. The highest BCUT2D eigenvalue weighted by Crippen LogP contribution is 2.25. The van der Waals surface area contributed by atoms with Crippen molar-refractivity contribution >= 4 is 11.8 Å². The minimum absolute atomic E-state index is 0.0187. The van der Waals surface area contributed by atoms with Gasteiger partial charge in [-0.25, -0.2) is 4.98 Å². The van der Waals surface area contributed by atoms with Gasteiger partial charge in [-0.15, -0.1) is 0 Å². The Kier molecular flexibility index (Phi) is 8.62. The van der Waals surface area contributed by atoms with Crippen LogP contribution in [-0.2, 0) is 6.61 Å². The van der Waals surface area contributed by atoms with Crippen LogP contribution in [0.3, 0.4) is 0 Å².